The van der Waals surface area contributed by atoms with Gasteiger partial charge in [0.2, 0.25) is 0 Å². The summed E-state index contributed by atoms with van der Waals surface area (Å²) in [5.41, 5.74) is 1.79. The summed E-state index contributed by atoms with van der Waals surface area (Å²) < 4.78 is 0. The SMILES string of the molecule is O=C(Nc1cccc(C(=O)N2CCCC2)c1)N1CCN(c2ccccc2[N+](=O)[O-])CC1. The summed E-state index contributed by atoms with van der Waals surface area (Å²) in [6, 6.07) is 13.4. The Hall–Kier alpha value is -3.62. The van der Waals surface area contributed by atoms with Crippen LogP contribution in [-0.2, 0) is 0 Å². The van der Waals surface area contributed by atoms with Gasteiger partial charge in [0.25, 0.3) is 11.6 Å². The van der Waals surface area contributed by atoms with E-state index < -0.39 is 0 Å². The Morgan fingerprint density at radius 2 is 1.58 bits per heavy atom. The van der Waals surface area contributed by atoms with Crippen molar-refractivity contribution in [2.45, 2.75) is 12.8 Å². The lowest BCUT2D eigenvalue weighted by Gasteiger charge is -2.35. The van der Waals surface area contributed by atoms with E-state index in [2.05, 4.69) is 5.32 Å². The number of nitro benzene ring substituents is 1. The fraction of sp³-hybridized carbons (Fsp3) is 0.364. The average Bonchev–Trinajstić information content (AvgIpc) is 3.34. The van der Waals surface area contributed by atoms with Crippen LogP contribution in [0.15, 0.2) is 48.5 Å². The van der Waals surface area contributed by atoms with Crippen molar-refractivity contribution >= 4 is 29.0 Å². The van der Waals surface area contributed by atoms with Gasteiger partial charge in [-0.25, -0.2) is 4.79 Å². The smallest absolute Gasteiger partial charge is 0.321 e. The number of nitro groups is 1. The maximum atomic E-state index is 12.7. The summed E-state index contributed by atoms with van der Waals surface area (Å²) >= 11 is 0. The normalized spacial score (nSPS) is 16.3. The number of hydrogen-bond donors (Lipinski definition) is 1. The highest BCUT2D eigenvalue weighted by Gasteiger charge is 2.26. The largest absolute Gasteiger partial charge is 0.362 e. The van der Waals surface area contributed by atoms with Crippen LogP contribution >= 0.6 is 0 Å². The molecule has 3 amide bonds. The standard InChI is InChI=1S/C22H25N5O4/c28-21(25-10-3-4-11-25)17-6-5-7-18(16-17)23-22(29)26-14-12-24(13-15-26)19-8-1-2-9-20(19)27(30)31/h1-2,5-9,16H,3-4,10-15H2,(H,23,29). The van der Waals surface area contributed by atoms with Crippen molar-refractivity contribution in [3.8, 4) is 0 Å². The van der Waals surface area contributed by atoms with E-state index in [1.54, 1.807) is 47.4 Å². The summed E-state index contributed by atoms with van der Waals surface area (Å²) in [7, 11) is 0. The monoisotopic (exact) mass is 423 g/mol. The predicted octanol–water partition coefficient (Wildman–Crippen LogP) is 3.18. The lowest BCUT2D eigenvalue weighted by Crippen LogP contribution is -2.50. The minimum Gasteiger partial charge on any atom is -0.362 e. The van der Waals surface area contributed by atoms with E-state index in [1.807, 2.05) is 9.80 Å². The third-order valence-corrected chi connectivity index (χ3v) is 5.74. The molecule has 1 N–H and O–H groups in total. The van der Waals surface area contributed by atoms with E-state index >= 15 is 0 Å². The van der Waals surface area contributed by atoms with Crippen LogP contribution < -0.4 is 10.2 Å². The van der Waals surface area contributed by atoms with Crippen molar-refractivity contribution in [3.63, 3.8) is 0 Å². The Balaban J connectivity index is 1.36. The minimum absolute atomic E-state index is 0.00771. The van der Waals surface area contributed by atoms with Crippen molar-refractivity contribution in [1.82, 2.24) is 9.80 Å². The minimum atomic E-state index is -0.384. The molecule has 2 aromatic carbocycles. The second-order valence-electron chi connectivity index (χ2n) is 7.73. The van der Waals surface area contributed by atoms with Crippen LogP contribution in [0, 0.1) is 10.1 Å². The number of carbonyl (C=O) groups excluding carboxylic acids is 2. The first kappa shape index (κ1) is 20.6. The number of nitrogens with one attached hydrogen (secondary N) is 1. The van der Waals surface area contributed by atoms with Crippen molar-refractivity contribution < 1.29 is 14.5 Å². The van der Waals surface area contributed by atoms with Crippen LogP contribution in [0.1, 0.15) is 23.2 Å². The lowest BCUT2D eigenvalue weighted by molar-refractivity contribution is -0.384. The lowest BCUT2D eigenvalue weighted by atomic mass is 10.1. The summed E-state index contributed by atoms with van der Waals surface area (Å²) in [6.07, 6.45) is 2.06. The molecule has 2 aliphatic heterocycles. The van der Waals surface area contributed by atoms with Crippen LogP contribution in [0.3, 0.4) is 0 Å². The quantitative estimate of drug-likeness (QED) is 0.601. The molecule has 9 heteroatoms. The molecule has 31 heavy (non-hydrogen) atoms. The van der Waals surface area contributed by atoms with Gasteiger partial charge in [-0.15, -0.1) is 0 Å². The molecule has 0 spiro atoms. The highest BCUT2D eigenvalue weighted by atomic mass is 16.6. The third-order valence-electron chi connectivity index (χ3n) is 5.74. The van der Waals surface area contributed by atoms with E-state index in [1.165, 1.54) is 6.07 Å². The first-order valence-corrected chi connectivity index (χ1v) is 10.5. The number of hydrogen-bond acceptors (Lipinski definition) is 5. The Morgan fingerprint density at radius 1 is 0.871 bits per heavy atom. The van der Waals surface area contributed by atoms with Gasteiger partial charge in [0, 0.05) is 56.6 Å². The van der Waals surface area contributed by atoms with Crippen molar-refractivity contribution in [2.24, 2.45) is 0 Å². The number of rotatable bonds is 4. The third kappa shape index (κ3) is 4.60. The number of amides is 3. The zero-order valence-electron chi connectivity index (χ0n) is 17.2. The molecule has 0 aromatic heterocycles. The highest BCUT2D eigenvalue weighted by molar-refractivity contribution is 5.97. The number of benzene rings is 2. The fourth-order valence-corrected chi connectivity index (χ4v) is 4.07. The average molecular weight is 423 g/mol. The Morgan fingerprint density at radius 3 is 2.29 bits per heavy atom. The van der Waals surface area contributed by atoms with Crippen LogP contribution in [0.4, 0.5) is 21.9 Å². The molecule has 0 saturated carbocycles. The summed E-state index contributed by atoms with van der Waals surface area (Å²) in [6.45, 7) is 3.46. The topological polar surface area (TPSA) is 99.0 Å². The second-order valence-corrected chi connectivity index (χ2v) is 7.73. The van der Waals surface area contributed by atoms with Gasteiger partial charge in [-0.05, 0) is 37.1 Å². The molecule has 2 heterocycles. The molecule has 4 rings (SSSR count). The van der Waals surface area contributed by atoms with Crippen LogP contribution in [0.2, 0.25) is 0 Å². The van der Waals surface area contributed by atoms with Gasteiger partial charge in [-0.2, -0.15) is 0 Å². The molecule has 2 saturated heterocycles. The molecular formula is C22H25N5O4. The maximum Gasteiger partial charge on any atom is 0.321 e. The van der Waals surface area contributed by atoms with E-state index in [4.69, 9.17) is 0 Å². The van der Waals surface area contributed by atoms with E-state index in [9.17, 15) is 19.7 Å². The van der Waals surface area contributed by atoms with Gasteiger partial charge < -0.3 is 20.0 Å². The first-order chi connectivity index (χ1) is 15.0. The van der Waals surface area contributed by atoms with Crippen molar-refractivity contribution in [1.29, 1.82) is 0 Å². The molecule has 0 atom stereocenters. The summed E-state index contributed by atoms with van der Waals surface area (Å²) in [5, 5.41) is 14.1. The predicted molar refractivity (Wildman–Crippen MR) is 117 cm³/mol. The van der Waals surface area contributed by atoms with E-state index in [0.29, 0.717) is 43.1 Å². The second kappa shape index (κ2) is 9.03. The first-order valence-electron chi connectivity index (χ1n) is 10.5. The van der Waals surface area contributed by atoms with Gasteiger partial charge >= 0.3 is 6.03 Å². The molecule has 2 aliphatic rings. The highest BCUT2D eigenvalue weighted by Crippen LogP contribution is 2.28. The van der Waals surface area contributed by atoms with Gasteiger partial charge in [0.15, 0.2) is 0 Å². The molecule has 2 aromatic rings. The molecule has 162 valence electrons. The number of para-hydroxylation sites is 2. The van der Waals surface area contributed by atoms with Gasteiger partial charge in [0.1, 0.15) is 5.69 Å². The number of nitrogens with zero attached hydrogens (tertiary/aromatic N) is 4. The Kier molecular flexibility index (Phi) is 6.01. The van der Waals surface area contributed by atoms with Crippen molar-refractivity contribution in [3.05, 3.63) is 64.2 Å². The van der Waals surface area contributed by atoms with E-state index in [-0.39, 0.29) is 22.5 Å². The van der Waals surface area contributed by atoms with E-state index in [0.717, 1.165) is 25.9 Å². The molecule has 0 bridgehead atoms. The van der Waals surface area contributed by atoms with Crippen LogP contribution in [0.5, 0.6) is 0 Å². The zero-order valence-corrected chi connectivity index (χ0v) is 17.2. The molecule has 0 aliphatic carbocycles. The zero-order chi connectivity index (χ0) is 21.8. The number of piperazine rings is 1. The number of anilines is 2. The van der Waals surface area contributed by atoms with Gasteiger partial charge in [-0.1, -0.05) is 18.2 Å². The maximum absolute atomic E-state index is 12.7. The fourth-order valence-electron chi connectivity index (χ4n) is 4.07. The summed E-state index contributed by atoms with van der Waals surface area (Å²) in [4.78, 5) is 41.6. The van der Waals surface area contributed by atoms with Gasteiger partial charge in [-0.3, -0.25) is 14.9 Å². The Bertz CT molecular complexity index is 981. The van der Waals surface area contributed by atoms with Gasteiger partial charge in [0.05, 0.1) is 4.92 Å². The molecule has 0 radical (unpaired) electrons. The van der Waals surface area contributed by atoms with Crippen LogP contribution in [-0.4, -0.2) is 65.9 Å². The molecule has 2 fully saturated rings. The Labute approximate surface area is 180 Å². The molecule has 0 unspecified atom stereocenters. The molecular weight excluding hydrogens is 398 g/mol. The van der Waals surface area contributed by atoms with Crippen LogP contribution in [0.25, 0.3) is 0 Å². The summed E-state index contributed by atoms with van der Waals surface area (Å²) in [5.74, 6) is -0.00771. The van der Waals surface area contributed by atoms with Crippen molar-refractivity contribution in [2.75, 3.05) is 49.5 Å². The number of likely N-dealkylation sites (tertiary alicyclic amines) is 1. The molecule has 9 nitrogen and oxygen atoms in total. The number of urea groups is 1. The number of carbonyl (C=O) groups is 2.